The van der Waals surface area contributed by atoms with E-state index in [0.717, 1.165) is 31.2 Å². The van der Waals surface area contributed by atoms with Crippen LogP contribution in [0.4, 0.5) is 0 Å². The molecule has 1 atom stereocenters. The Hall–Kier alpha value is -2.27. The Morgan fingerprint density at radius 3 is 2.82 bits per heavy atom. The highest BCUT2D eigenvalue weighted by atomic mass is 16.5. The highest BCUT2D eigenvalue weighted by molar-refractivity contribution is 5.88. The number of aromatic nitrogens is 1. The van der Waals surface area contributed by atoms with E-state index in [4.69, 9.17) is 4.74 Å². The molecule has 2 aromatic rings. The van der Waals surface area contributed by atoms with Gasteiger partial charge in [-0.3, -0.25) is 4.99 Å². The van der Waals surface area contributed by atoms with Crippen LogP contribution in [0.3, 0.4) is 0 Å². The van der Waals surface area contributed by atoms with E-state index in [-0.39, 0.29) is 6.04 Å². The first-order valence-electron chi connectivity index (χ1n) is 7.53. The van der Waals surface area contributed by atoms with Gasteiger partial charge in [-0.25, -0.2) is 0 Å². The minimum Gasteiger partial charge on any atom is -0.497 e. The predicted molar refractivity (Wildman–Crippen MR) is 88.3 cm³/mol. The Morgan fingerprint density at radius 2 is 2.14 bits per heavy atom. The minimum atomic E-state index is 0.131. The van der Waals surface area contributed by atoms with Gasteiger partial charge >= 0.3 is 0 Å². The van der Waals surface area contributed by atoms with Crippen molar-refractivity contribution in [3.63, 3.8) is 0 Å². The van der Waals surface area contributed by atoms with E-state index < -0.39 is 0 Å². The molecular formula is C17H22N4O. The SMILES string of the molecule is COc1ccc(CNC2=NCCNC2c2cccn2C)cc1. The van der Waals surface area contributed by atoms with Gasteiger partial charge < -0.3 is 19.9 Å². The summed E-state index contributed by atoms with van der Waals surface area (Å²) < 4.78 is 7.32. The molecule has 0 bridgehead atoms. The van der Waals surface area contributed by atoms with Gasteiger partial charge in [0.1, 0.15) is 17.6 Å². The first-order chi connectivity index (χ1) is 10.8. The van der Waals surface area contributed by atoms with Crippen LogP contribution in [-0.2, 0) is 13.6 Å². The van der Waals surface area contributed by atoms with Crippen LogP contribution in [0.2, 0.25) is 0 Å². The molecule has 3 rings (SSSR count). The zero-order valence-corrected chi connectivity index (χ0v) is 13.0. The molecule has 5 heteroatoms. The third kappa shape index (κ3) is 3.14. The van der Waals surface area contributed by atoms with Gasteiger partial charge in [-0.2, -0.15) is 0 Å². The second-order valence-electron chi connectivity index (χ2n) is 5.40. The zero-order chi connectivity index (χ0) is 15.4. The van der Waals surface area contributed by atoms with Crippen LogP contribution in [-0.4, -0.2) is 30.6 Å². The molecular weight excluding hydrogens is 276 g/mol. The van der Waals surface area contributed by atoms with Gasteiger partial charge in [-0.15, -0.1) is 0 Å². The highest BCUT2D eigenvalue weighted by Gasteiger charge is 2.22. The number of nitrogens with one attached hydrogen (secondary N) is 2. The van der Waals surface area contributed by atoms with Crippen LogP contribution in [0.15, 0.2) is 47.6 Å². The van der Waals surface area contributed by atoms with Gasteiger partial charge in [-0.05, 0) is 29.8 Å². The molecule has 0 saturated carbocycles. The quantitative estimate of drug-likeness (QED) is 0.906. The Balaban J connectivity index is 1.69. The topological polar surface area (TPSA) is 50.6 Å². The van der Waals surface area contributed by atoms with Gasteiger partial charge in [0.15, 0.2) is 0 Å². The van der Waals surface area contributed by atoms with Crippen LogP contribution in [0.1, 0.15) is 17.3 Å². The lowest BCUT2D eigenvalue weighted by Crippen LogP contribution is -2.43. The second-order valence-corrected chi connectivity index (χ2v) is 5.40. The van der Waals surface area contributed by atoms with Gasteiger partial charge in [0, 0.05) is 32.0 Å². The summed E-state index contributed by atoms with van der Waals surface area (Å²) in [4.78, 5) is 4.66. The molecule has 0 fully saturated rings. The molecule has 1 unspecified atom stereocenters. The van der Waals surface area contributed by atoms with E-state index in [1.165, 1.54) is 11.3 Å². The number of aryl methyl sites for hydroxylation is 1. The van der Waals surface area contributed by atoms with Crippen LogP contribution < -0.4 is 15.4 Å². The normalized spacial score (nSPS) is 17.9. The Kier molecular flexibility index (Phi) is 4.44. The van der Waals surface area contributed by atoms with Crippen LogP contribution >= 0.6 is 0 Å². The molecule has 116 valence electrons. The summed E-state index contributed by atoms with van der Waals surface area (Å²) in [6.45, 7) is 2.47. The molecule has 1 aliphatic rings. The summed E-state index contributed by atoms with van der Waals surface area (Å²) in [6.07, 6.45) is 2.06. The van der Waals surface area contributed by atoms with Crippen molar-refractivity contribution < 1.29 is 4.74 Å². The molecule has 2 heterocycles. The highest BCUT2D eigenvalue weighted by Crippen LogP contribution is 2.17. The molecule has 1 aromatic heterocycles. The van der Waals surface area contributed by atoms with Crippen LogP contribution in [0.25, 0.3) is 0 Å². The maximum absolute atomic E-state index is 5.19. The Bertz CT molecular complexity index is 645. The third-order valence-electron chi connectivity index (χ3n) is 3.93. The van der Waals surface area contributed by atoms with E-state index in [2.05, 4.69) is 57.7 Å². The molecule has 0 radical (unpaired) electrons. The number of nitrogens with zero attached hydrogens (tertiary/aromatic N) is 2. The summed E-state index contributed by atoms with van der Waals surface area (Å²) in [5.74, 6) is 1.88. The van der Waals surface area contributed by atoms with Crippen molar-refractivity contribution in [3.05, 3.63) is 53.9 Å². The number of benzene rings is 1. The predicted octanol–water partition coefficient (Wildman–Crippen LogP) is 1.87. The number of methoxy groups -OCH3 is 1. The van der Waals surface area contributed by atoms with Gasteiger partial charge in [0.05, 0.1) is 13.7 Å². The van der Waals surface area contributed by atoms with Crippen LogP contribution in [0.5, 0.6) is 5.75 Å². The Morgan fingerprint density at radius 1 is 1.32 bits per heavy atom. The zero-order valence-electron chi connectivity index (χ0n) is 13.0. The van der Waals surface area contributed by atoms with E-state index in [9.17, 15) is 0 Å². The fourth-order valence-electron chi connectivity index (χ4n) is 2.69. The largest absolute Gasteiger partial charge is 0.497 e. The Labute approximate surface area is 131 Å². The maximum Gasteiger partial charge on any atom is 0.120 e. The lowest BCUT2D eigenvalue weighted by Gasteiger charge is -2.26. The van der Waals surface area contributed by atoms with E-state index in [0.29, 0.717) is 0 Å². The van der Waals surface area contributed by atoms with Gasteiger partial charge in [-0.1, -0.05) is 12.1 Å². The summed E-state index contributed by atoms with van der Waals surface area (Å²) in [6, 6.07) is 12.4. The maximum atomic E-state index is 5.19. The smallest absolute Gasteiger partial charge is 0.120 e. The standard InChI is InChI=1S/C17H22N4O/c1-21-11-3-4-15(21)16-17(19-10-9-18-16)20-12-13-5-7-14(22-2)8-6-13/h3-8,11,16,18H,9-10,12H2,1-2H3,(H,19,20). The van der Waals surface area contributed by atoms with E-state index in [1.54, 1.807) is 7.11 Å². The fourth-order valence-corrected chi connectivity index (χ4v) is 2.69. The lowest BCUT2D eigenvalue weighted by atomic mass is 10.1. The monoisotopic (exact) mass is 298 g/mol. The molecule has 1 aliphatic heterocycles. The van der Waals surface area contributed by atoms with Crippen molar-refractivity contribution >= 4 is 5.84 Å². The summed E-state index contributed by atoms with van der Waals surface area (Å²) >= 11 is 0. The molecule has 2 N–H and O–H groups in total. The van der Waals surface area contributed by atoms with Gasteiger partial charge in [0.25, 0.3) is 0 Å². The molecule has 22 heavy (non-hydrogen) atoms. The van der Waals surface area contributed by atoms with Gasteiger partial charge in [0.2, 0.25) is 0 Å². The average Bonchev–Trinajstić information content (AvgIpc) is 2.99. The number of amidine groups is 1. The average molecular weight is 298 g/mol. The second kappa shape index (κ2) is 6.66. The minimum absolute atomic E-state index is 0.131. The van der Waals surface area contributed by atoms with Crippen molar-refractivity contribution in [2.75, 3.05) is 20.2 Å². The summed E-state index contributed by atoms with van der Waals surface area (Å²) in [7, 11) is 3.74. The van der Waals surface area contributed by atoms with Crippen molar-refractivity contribution in [1.29, 1.82) is 0 Å². The molecule has 0 spiro atoms. The van der Waals surface area contributed by atoms with Crippen molar-refractivity contribution in [1.82, 2.24) is 15.2 Å². The first kappa shape index (κ1) is 14.7. The van der Waals surface area contributed by atoms with Crippen molar-refractivity contribution in [3.8, 4) is 5.75 Å². The van der Waals surface area contributed by atoms with Crippen LogP contribution in [0, 0.1) is 0 Å². The molecule has 0 saturated heterocycles. The first-order valence-corrected chi connectivity index (χ1v) is 7.53. The molecule has 1 aromatic carbocycles. The van der Waals surface area contributed by atoms with Crippen molar-refractivity contribution in [2.24, 2.45) is 12.0 Å². The number of ether oxygens (including phenoxy) is 1. The number of rotatable bonds is 4. The molecule has 0 amide bonds. The van der Waals surface area contributed by atoms with Crippen molar-refractivity contribution in [2.45, 2.75) is 12.6 Å². The third-order valence-corrected chi connectivity index (χ3v) is 3.93. The van der Waals surface area contributed by atoms with E-state index in [1.807, 2.05) is 12.1 Å². The summed E-state index contributed by atoms with van der Waals surface area (Å²) in [5, 5.41) is 7.01. The number of hydrogen-bond donors (Lipinski definition) is 2. The van der Waals surface area contributed by atoms with E-state index >= 15 is 0 Å². The molecule has 0 aliphatic carbocycles. The fraction of sp³-hybridized carbons (Fsp3) is 0.353. The summed E-state index contributed by atoms with van der Waals surface area (Å²) in [5.41, 5.74) is 2.43. The lowest BCUT2D eigenvalue weighted by molar-refractivity contribution is 0.414. The number of hydrogen-bond acceptors (Lipinski definition) is 4. The number of aliphatic imine (C=N–C) groups is 1. The molecule has 5 nitrogen and oxygen atoms in total.